The fourth-order valence-corrected chi connectivity index (χ4v) is 3.04. The van der Waals surface area contributed by atoms with Crippen LogP contribution in [0.25, 0.3) is 0 Å². The molecule has 0 amide bonds. The molecule has 0 radical (unpaired) electrons. The van der Waals surface area contributed by atoms with E-state index in [9.17, 15) is 0 Å². The van der Waals surface area contributed by atoms with Crippen molar-refractivity contribution in [1.29, 1.82) is 0 Å². The number of nitrogen functional groups attached to an aromatic ring is 1. The summed E-state index contributed by atoms with van der Waals surface area (Å²) in [4.78, 5) is 6.84. The molecule has 0 bridgehead atoms. The van der Waals surface area contributed by atoms with E-state index in [1.54, 1.807) is 0 Å². The highest BCUT2D eigenvalue weighted by molar-refractivity contribution is 8.00. The van der Waals surface area contributed by atoms with Crippen LogP contribution in [0.4, 0.5) is 11.5 Å². The summed E-state index contributed by atoms with van der Waals surface area (Å²) < 4.78 is 0. The van der Waals surface area contributed by atoms with Gasteiger partial charge in [-0.3, -0.25) is 0 Å². The zero-order valence-corrected chi connectivity index (χ0v) is 10.9. The lowest BCUT2D eigenvalue weighted by molar-refractivity contribution is 0.620. The summed E-state index contributed by atoms with van der Waals surface area (Å²) in [6, 6.07) is 2.52. The molecule has 3 nitrogen and oxygen atoms in total. The van der Waals surface area contributed by atoms with Crippen LogP contribution in [0, 0.1) is 6.92 Å². The first-order valence-corrected chi connectivity index (χ1v) is 6.75. The van der Waals surface area contributed by atoms with Gasteiger partial charge in [-0.2, -0.15) is 11.8 Å². The molecule has 2 heterocycles. The van der Waals surface area contributed by atoms with Gasteiger partial charge in [-0.25, -0.2) is 4.98 Å². The average molecular weight is 237 g/mol. The van der Waals surface area contributed by atoms with Gasteiger partial charge in [0.15, 0.2) is 0 Å². The van der Waals surface area contributed by atoms with Crippen molar-refractivity contribution in [2.45, 2.75) is 32.1 Å². The Kier molecular flexibility index (Phi) is 3.28. The fourth-order valence-electron chi connectivity index (χ4n) is 1.94. The summed E-state index contributed by atoms with van der Waals surface area (Å²) in [5.74, 6) is 2.18. The Bertz CT molecular complexity index is 381. The van der Waals surface area contributed by atoms with Crippen molar-refractivity contribution in [1.82, 2.24) is 4.98 Å². The molecule has 4 heteroatoms. The smallest absolute Gasteiger partial charge is 0.130 e. The number of nitrogens with two attached hydrogens (primary N) is 1. The molecule has 88 valence electrons. The number of pyridine rings is 1. The van der Waals surface area contributed by atoms with Gasteiger partial charge >= 0.3 is 0 Å². The zero-order valence-electron chi connectivity index (χ0n) is 10.1. The lowest BCUT2D eigenvalue weighted by Crippen LogP contribution is -2.45. The molecule has 1 aromatic rings. The normalized spacial score (nSPS) is 25.8. The number of rotatable bonds is 1. The maximum absolute atomic E-state index is 5.94. The van der Waals surface area contributed by atoms with Gasteiger partial charge in [0.1, 0.15) is 5.82 Å². The molecule has 1 fully saturated rings. The predicted molar refractivity (Wildman–Crippen MR) is 72.1 cm³/mol. The van der Waals surface area contributed by atoms with E-state index in [2.05, 4.69) is 23.7 Å². The van der Waals surface area contributed by atoms with E-state index < -0.39 is 0 Å². The Labute approximate surface area is 101 Å². The van der Waals surface area contributed by atoms with E-state index in [1.165, 1.54) is 5.75 Å². The number of hydrogen-bond acceptors (Lipinski definition) is 4. The van der Waals surface area contributed by atoms with Crippen LogP contribution in [0.1, 0.15) is 19.4 Å². The molecule has 0 aliphatic carbocycles. The molecule has 2 unspecified atom stereocenters. The molecule has 2 rings (SSSR count). The Morgan fingerprint density at radius 3 is 2.94 bits per heavy atom. The van der Waals surface area contributed by atoms with Crippen molar-refractivity contribution < 1.29 is 0 Å². The van der Waals surface area contributed by atoms with Crippen LogP contribution in [-0.2, 0) is 0 Å². The van der Waals surface area contributed by atoms with Crippen LogP contribution >= 0.6 is 11.8 Å². The maximum Gasteiger partial charge on any atom is 0.130 e. The van der Waals surface area contributed by atoms with E-state index in [0.717, 1.165) is 23.6 Å². The minimum absolute atomic E-state index is 0.522. The Balaban J connectivity index is 2.25. The van der Waals surface area contributed by atoms with Crippen LogP contribution in [0.15, 0.2) is 12.3 Å². The minimum atomic E-state index is 0.522. The molecule has 1 aliphatic rings. The van der Waals surface area contributed by atoms with Crippen molar-refractivity contribution in [3.63, 3.8) is 0 Å². The number of aryl methyl sites for hydroxylation is 1. The van der Waals surface area contributed by atoms with Gasteiger partial charge in [-0.15, -0.1) is 0 Å². The van der Waals surface area contributed by atoms with E-state index in [0.29, 0.717) is 11.3 Å². The van der Waals surface area contributed by atoms with Crippen molar-refractivity contribution in [3.05, 3.63) is 17.8 Å². The second-order valence-electron chi connectivity index (χ2n) is 4.41. The molecule has 16 heavy (non-hydrogen) atoms. The predicted octanol–water partition coefficient (Wildman–Crippen LogP) is 2.30. The molecule has 0 spiro atoms. The molecular weight excluding hydrogens is 218 g/mol. The molecule has 0 saturated carbocycles. The van der Waals surface area contributed by atoms with E-state index >= 15 is 0 Å². The Morgan fingerprint density at radius 2 is 2.25 bits per heavy atom. The van der Waals surface area contributed by atoms with Crippen LogP contribution in [0.3, 0.4) is 0 Å². The van der Waals surface area contributed by atoms with Gasteiger partial charge in [0.05, 0.1) is 0 Å². The average Bonchev–Trinajstić information content (AvgIpc) is 2.26. The van der Waals surface area contributed by atoms with Crippen molar-refractivity contribution >= 4 is 23.3 Å². The largest absolute Gasteiger partial charge is 0.398 e. The minimum Gasteiger partial charge on any atom is -0.398 e. The Hall–Kier alpha value is -0.900. The highest BCUT2D eigenvalue weighted by Gasteiger charge is 2.26. The summed E-state index contributed by atoms with van der Waals surface area (Å²) in [6.45, 7) is 7.59. The molecule has 2 atom stereocenters. The number of thioether (sulfide) groups is 1. The van der Waals surface area contributed by atoms with Gasteiger partial charge in [0.2, 0.25) is 0 Å². The third-order valence-electron chi connectivity index (χ3n) is 3.31. The highest BCUT2D eigenvalue weighted by atomic mass is 32.2. The van der Waals surface area contributed by atoms with Gasteiger partial charge in [-0.1, -0.05) is 6.92 Å². The van der Waals surface area contributed by atoms with Gasteiger partial charge < -0.3 is 10.6 Å². The molecule has 1 saturated heterocycles. The summed E-state index contributed by atoms with van der Waals surface area (Å²) in [5.41, 5.74) is 7.82. The summed E-state index contributed by atoms with van der Waals surface area (Å²) in [7, 11) is 0. The Morgan fingerprint density at radius 1 is 1.50 bits per heavy atom. The first kappa shape index (κ1) is 11.6. The fraction of sp³-hybridized carbons (Fsp3) is 0.583. The lowest BCUT2D eigenvalue weighted by atomic mass is 10.2. The van der Waals surface area contributed by atoms with Crippen molar-refractivity contribution in [2.75, 3.05) is 22.9 Å². The van der Waals surface area contributed by atoms with Crippen LogP contribution in [0.2, 0.25) is 0 Å². The zero-order chi connectivity index (χ0) is 11.7. The topological polar surface area (TPSA) is 42.2 Å². The summed E-state index contributed by atoms with van der Waals surface area (Å²) in [5, 5.41) is 0.651. The number of aromatic nitrogens is 1. The third kappa shape index (κ3) is 2.12. The lowest BCUT2D eigenvalue weighted by Gasteiger charge is -2.38. The molecule has 1 aromatic heterocycles. The number of nitrogens with zero attached hydrogens (tertiary/aromatic N) is 2. The number of anilines is 2. The second-order valence-corrected chi connectivity index (χ2v) is 5.89. The second kappa shape index (κ2) is 4.53. The summed E-state index contributed by atoms with van der Waals surface area (Å²) >= 11 is 2.03. The van der Waals surface area contributed by atoms with Gasteiger partial charge in [0.25, 0.3) is 0 Å². The maximum atomic E-state index is 5.94. The van der Waals surface area contributed by atoms with Crippen LogP contribution < -0.4 is 10.6 Å². The van der Waals surface area contributed by atoms with E-state index in [1.807, 2.05) is 30.9 Å². The van der Waals surface area contributed by atoms with E-state index in [4.69, 9.17) is 5.73 Å². The van der Waals surface area contributed by atoms with E-state index in [-0.39, 0.29) is 0 Å². The first-order valence-electron chi connectivity index (χ1n) is 5.70. The van der Waals surface area contributed by atoms with Crippen LogP contribution in [-0.4, -0.2) is 28.6 Å². The van der Waals surface area contributed by atoms with Crippen molar-refractivity contribution in [3.8, 4) is 0 Å². The summed E-state index contributed by atoms with van der Waals surface area (Å²) in [6.07, 6.45) is 1.86. The van der Waals surface area contributed by atoms with Gasteiger partial charge in [0, 0.05) is 41.5 Å². The SMILES string of the molecule is Cc1cnc(N2CCSC(C)C2C)cc1N. The molecular formula is C12H19N3S. The monoisotopic (exact) mass is 237 g/mol. The quantitative estimate of drug-likeness (QED) is 0.814. The number of hydrogen-bond donors (Lipinski definition) is 1. The first-order chi connectivity index (χ1) is 7.59. The molecule has 2 N–H and O–H groups in total. The standard InChI is InChI=1S/C12H19N3S/c1-8-7-14-12(6-11(8)13)15-4-5-16-10(3)9(15)2/h6-7,9-10H,4-5H2,1-3H3,(H2,13,14). The third-order valence-corrected chi connectivity index (χ3v) is 4.65. The van der Waals surface area contributed by atoms with Crippen LogP contribution in [0.5, 0.6) is 0 Å². The molecule has 1 aliphatic heterocycles. The van der Waals surface area contributed by atoms with Crippen molar-refractivity contribution in [2.24, 2.45) is 0 Å². The highest BCUT2D eigenvalue weighted by Crippen LogP contribution is 2.29. The molecule has 0 aromatic carbocycles. The van der Waals surface area contributed by atoms with Gasteiger partial charge in [-0.05, 0) is 19.4 Å².